The van der Waals surface area contributed by atoms with Crippen molar-refractivity contribution in [2.24, 2.45) is 0 Å². The smallest absolute Gasteiger partial charge is 0.175 e. The number of hydrogen-bond donors (Lipinski definition) is 0. The third kappa shape index (κ3) is 3.79. The molecule has 0 fully saturated rings. The summed E-state index contributed by atoms with van der Waals surface area (Å²) in [6.45, 7) is 2.27. The fourth-order valence-electron chi connectivity index (χ4n) is 1.28. The Morgan fingerprint density at radius 3 is 2.82 bits per heavy atom. The summed E-state index contributed by atoms with van der Waals surface area (Å²) >= 11 is 3.35. The van der Waals surface area contributed by atoms with Crippen LogP contribution >= 0.6 is 15.9 Å². The molecule has 0 aliphatic carbocycles. The molecular formula is C13H13BrO3. The Bertz CT molecular complexity index is 458. The van der Waals surface area contributed by atoms with Gasteiger partial charge in [-0.05, 0) is 35.0 Å². The van der Waals surface area contributed by atoms with Crippen LogP contribution in [0.1, 0.15) is 23.7 Å². The molecule has 0 heterocycles. The Morgan fingerprint density at radius 2 is 2.24 bits per heavy atom. The van der Waals surface area contributed by atoms with E-state index in [4.69, 9.17) is 9.47 Å². The van der Waals surface area contributed by atoms with E-state index in [-0.39, 0.29) is 0 Å². The quantitative estimate of drug-likeness (QED) is 0.476. The van der Waals surface area contributed by atoms with Gasteiger partial charge in [0.2, 0.25) is 0 Å². The molecule has 1 aromatic carbocycles. The maximum absolute atomic E-state index is 10.7. The summed E-state index contributed by atoms with van der Waals surface area (Å²) in [6, 6.07) is 3.33. The van der Waals surface area contributed by atoms with Gasteiger partial charge in [0, 0.05) is 12.0 Å². The van der Waals surface area contributed by atoms with Gasteiger partial charge in [0.15, 0.2) is 11.5 Å². The van der Waals surface area contributed by atoms with Crippen LogP contribution in [0.5, 0.6) is 11.5 Å². The number of methoxy groups -OCH3 is 1. The van der Waals surface area contributed by atoms with Gasteiger partial charge in [-0.2, -0.15) is 0 Å². The maximum Gasteiger partial charge on any atom is 0.175 e. The van der Waals surface area contributed by atoms with Crippen molar-refractivity contribution in [1.82, 2.24) is 0 Å². The molecule has 0 saturated carbocycles. The fraction of sp³-hybridized carbons (Fsp3) is 0.308. The van der Waals surface area contributed by atoms with Crippen molar-refractivity contribution >= 4 is 22.2 Å². The van der Waals surface area contributed by atoms with E-state index in [2.05, 4.69) is 27.8 Å². The number of carbonyl (C=O) groups is 1. The molecule has 0 saturated heterocycles. The second-order valence-corrected chi connectivity index (χ2v) is 4.03. The molecule has 0 aliphatic rings. The molecule has 0 atom stereocenters. The van der Waals surface area contributed by atoms with Crippen LogP contribution in [0.15, 0.2) is 16.6 Å². The van der Waals surface area contributed by atoms with E-state index in [1.54, 1.807) is 19.1 Å². The fourth-order valence-corrected chi connectivity index (χ4v) is 1.85. The first-order valence-corrected chi connectivity index (χ1v) is 5.87. The molecular weight excluding hydrogens is 284 g/mol. The lowest BCUT2D eigenvalue weighted by atomic mass is 10.2. The van der Waals surface area contributed by atoms with Crippen LogP contribution < -0.4 is 9.47 Å². The average Bonchev–Trinajstić information content (AvgIpc) is 2.35. The molecule has 4 heteroatoms. The van der Waals surface area contributed by atoms with Crippen LogP contribution in [0.4, 0.5) is 0 Å². The van der Waals surface area contributed by atoms with E-state index < -0.39 is 0 Å². The van der Waals surface area contributed by atoms with Gasteiger partial charge in [0.1, 0.15) is 6.29 Å². The topological polar surface area (TPSA) is 35.5 Å². The van der Waals surface area contributed by atoms with E-state index in [1.807, 2.05) is 0 Å². The van der Waals surface area contributed by atoms with Gasteiger partial charge >= 0.3 is 0 Å². The van der Waals surface area contributed by atoms with Crippen LogP contribution in [0.2, 0.25) is 0 Å². The molecule has 1 rings (SSSR count). The number of benzene rings is 1. The van der Waals surface area contributed by atoms with Gasteiger partial charge in [-0.25, -0.2) is 0 Å². The number of ether oxygens (including phenoxy) is 2. The van der Waals surface area contributed by atoms with Gasteiger partial charge in [0.25, 0.3) is 0 Å². The van der Waals surface area contributed by atoms with Crippen molar-refractivity contribution in [2.45, 2.75) is 13.3 Å². The first kappa shape index (κ1) is 13.6. The van der Waals surface area contributed by atoms with Crippen molar-refractivity contribution in [1.29, 1.82) is 0 Å². The second-order valence-electron chi connectivity index (χ2n) is 3.18. The molecule has 0 amide bonds. The van der Waals surface area contributed by atoms with Crippen LogP contribution in [0.25, 0.3) is 0 Å². The lowest BCUT2D eigenvalue weighted by Gasteiger charge is -2.12. The molecule has 0 radical (unpaired) electrons. The van der Waals surface area contributed by atoms with E-state index >= 15 is 0 Å². The molecule has 0 N–H and O–H groups in total. The molecule has 0 aliphatic heterocycles. The lowest BCUT2D eigenvalue weighted by Crippen LogP contribution is -2.00. The minimum absolute atomic E-state index is 0.482. The van der Waals surface area contributed by atoms with Gasteiger partial charge < -0.3 is 9.47 Å². The van der Waals surface area contributed by atoms with Crippen molar-refractivity contribution in [3.8, 4) is 23.3 Å². The van der Waals surface area contributed by atoms with E-state index in [1.165, 1.54) is 7.11 Å². The third-order valence-electron chi connectivity index (χ3n) is 2.04. The third-order valence-corrected chi connectivity index (χ3v) is 2.63. The van der Waals surface area contributed by atoms with Crippen LogP contribution in [-0.4, -0.2) is 20.0 Å². The summed E-state index contributed by atoms with van der Waals surface area (Å²) in [5.74, 6) is 6.83. The summed E-state index contributed by atoms with van der Waals surface area (Å²) in [5.41, 5.74) is 0.537. The average molecular weight is 297 g/mol. The van der Waals surface area contributed by atoms with Crippen molar-refractivity contribution < 1.29 is 14.3 Å². The molecule has 0 spiro atoms. The molecule has 1 aromatic rings. The highest BCUT2D eigenvalue weighted by atomic mass is 79.9. The second kappa shape index (κ2) is 6.97. The Labute approximate surface area is 109 Å². The highest BCUT2D eigenvalue weighted by Crippen LogP contribution is 2.36. The van der Waals surface area contributed by atoms with E-state index in [0.717, 1.165) is 6.29 Å². The summed E-state index contributed by atoms with van der Waals surface area (Å²) < 4.78 is 11.4. The minimum atomic E-state index is 0.482. The predicted octanol–water partition coefficient (Wildman–Crippen LogP) is 3.06. The predicted molar refractivity (Wildman–Crippen MR) is 69.6 cm³/mol. The normalized spacial score (nSPS) is 9.12. The van der Waals surface area contributed by atoms with Crippen LogP contribution in [-0.2, 0) is 0 Å². The number of carbonyl (C=O) groups excluding carboxylic acids is 1. The van der Waals surface area contributed by atoms with Gasteiger partial charge in [-0.15, -0.1) is 11.8 Å². The minimum Gasteiger partial charge on any atom is -0.493 e. The monoisotopic (exact) mass is 296 g/mol. The molecule has 0 aromatic heterocycles. The number of hydrogen-bond acceptors (Lipinski definition) is 3. The largest absolute Gasteiger partial charge is 0.493 e. The number of aldehydes is 1. The molecule has 90 valence electrons. The molecule has 0 unspecified atom stereocenters. The Balaban J connectivity index is 2.88. The lowest BCUT2D eigenvalue weighted by molar-refractivity contribution is 0.112. The van der Waals surface area contributed by atoms with Gasteiger partial charge in [-0.1, -0.05) is 0 Å². The van der Waals surface area contributed by atoms with Crippen LogP contribution in [0, 0.1) is 11.8 Å². The zero-order valence-electron chi connectivity index (χ0n) is 9.75. The van der Waals surface area contributed by atoms with Crippen molar-refractivity contribution in [2.75, 3.05) is 13.7 Å². The molecule has 17 heavy (non-hydrogen) atoms. The summed E-state index contributed by atoms with van der Waals surface area (Å²) in [6.07, 6.45) is 1.42. The van der Waals surface area contributed by atoms with Gasteiger partial charge in [0.05, 0.1) is 18.2 Å². The van der Waals surface area contributed by atoms with Crippen molar-refractivity contribution in [3.05, 3.63) is 22.2 Å². The van der Waals surface area contributed by atoms with E-state index in [0.29, 0.717) is 34.6 Å². The highest BCUT2D eigenvalue weighted by molar-refractivity contribution is 9.10. The first-order chi connectivity index (χ1) is 8.22. The Kier molecular flexibility index (Phi) is 5.58. The zero-order valence-corrected chi connectivity index (χ0v) is 11.3. The van der Waals surface area contributed by atoms with Crippen molar-refractivity contribution in [3.63, 3.8) is 0 Å². The first-order valence-electron chi connectivity index (χ1n) is 5.08. The Morgan fingerprint density at radius 1 is 1.47 bits per heavy atom. The zero-order chi connectivity index (χ0) is 12.7. The van der Waals surface area contributed by atoms with Gasteiger partial charge in [-0.3, -0.25) is 4.79 Å². The number of rotatable bonds is 5. The maximum atomic E-state index is 10.7. The number of halogens is 1. The highest BCUT2D eigenvalue weighted by Gasteiger charge is 2.11. The van der Waals surface area contributed by atoms with Crippen LogP contribution in [0.3, 0.4) is 0 Å². The standard InChI is InChI=1S/C13H13BrO3/c1-3-4-5-6-17-13-11(14)7-10(9-15)8-12(13)16-2/h7-9H,5-6H2,1-2H3. The molecule has 3 nitrogen and oxygen atoms in total. The summed E-state index contributed by atoms with van der Waals surface area (Å²) in [5, 5.41) is 0. The van der Waals surface area contributed by atoms with E-state index in [9.17, 15) is 4.79 Å². The molecule has 0 bridgehead atoms. The Hall–Kier alpha value is -1.47. The SMILES string of the molecule is CC#CCCOc1c(Br)cc(C=O)cc1OC. The summed E-state index contributed by atoms with van der Waals surface area (Å²) in [4.78, 5) is 10.7. The summed E-state index contributed by atoms with van der Waals surface area (Å²) in [7, 11) is 1.54.